The molecule has 2 aliphatic rings. The van der Waals surface area contributed by atoms with Gasteiger partial charge < -0.3 is 10.5 Å². The highest BCUT2D eigenvalue weighted by Gasteiger charge is 2.48. The van der Waals surface area contributed by atoms with E-state index >= 15 is 0 Å². The van der Waals surface area contributed by atoms with Gasteiger partial charge in [-0.3, -0.25) is 9.69 Å². The lowest BCUT2D eigenvalue weighted by Gasteiger charge is -2.36. The van der Waals surface area contributed by atoms with Crippen LogP contribution in [0.2, 0.25) is 0 Å². The zero-order valence-electron chi connectivity index (χ0n) is 16.0. The van der Waals surface area contributed by atoms with E-state index in [-0.39, 0.29) is 28.2 Å². The monoisotopic (exact) mass is 430 g/mol. The third-order valence-electron chi connectivity index (χ3n) is 5.77. The first-order valence-corrected chi connectivity index (χ1v) is 12.5. The number of likely N-dealkylation sites (tertiary alicyclic amines) is 1. The van der Waals surface area contributed by atoms with Gasteiger partial charge in [0.1, 0.15) is 5.75 Å². The van der Waals surface area contributed by atoms with Crippen LogP contribution < -0.4 is 10.5 Å². The number of carbonyl (C=O) groups is 1. The Morgan fingerprint density at radius 1 is 1.21 bits per heavy atom. The number of nitrogens with zero attached hydrogens (tertiary/aromatic N) is 1. The number of ether oxygens (including phenoxy) is 1. The minimum atomic E-state index is -3.85. The molecule has 0 unspecified atom stereocenters. The molecule has 8 nitrogen and oxygen atoms in total. The quantitative estimate of drug-likeness (QED) is 0.705. The molecule has 156 valence electrons. The second-order valence-corrected chi connectivity index (χ2v) is 11.9. The summed E-state index contributed by atoms with van der Waals surface area (Å²) in [5, 5.41) is -1.03. The van der Waals surface area contributed by atoms with Crippen LogP contribution in [0.5, 0.6) is 5.75 Å². The lowest BCUT2D eigenvalue weighted by atomic mass is 9.95. The van der Waals surface area contributed by atoms with Crippen LogP contribution in [0.3, 0.4) is 0 Å². The fourth-order valence-electron chi connectivity index (χ4n) is 4.15. The molecular weight excluding hydrogens is 404 g/mol. The SMILES string of the molecule is COc1ccc(S(=O)(=O)[C@@H]2CS(=O)(=O)C[C@H]2N2CCC(C(N)=O)CC2)cc1C. The summed E-state index contributed by atoms with van der Waals surface area (Å²) in [5.41, 5.74) is 6.03. The van der Waals surface area contributed by atoms with Crippen LogP contribution in [-0.2, 0) is 24.5 Å². The van der Waals surface area contributed by atoms with E-state index in [9.17, 15) is 21.6 Å². The molecule has 2 saturated heterocycles. The van der Waals surface area contributed by atoms with E-state index in [2.05, 4.69) is 0 Å². The Balaban J connectivity index is 1.90. The van der Waals surface area contributed by atoms with Crippen LogP contribution in [0.1, 0.15) is 18.4 Å². The maximum Gasteiger partial charge on any atom is 0.220 e. The maximum atomic E-state index is 13.3. The van der Waals surface area contributed by atoms with Crippen molar-refractivity contribution in [3.8, 4) is 5.75 Å². The van der Waals surface area contributed by atoms with E-state index in [4.69, 9.17) is 10.5 Å². The maximum absolute atomic E-state index is 13.3. The van der Waals surface area contributed by atoms with Crippen LogP contribution in [0.4, 0.5) is 0 Å². The first-order valence-electron chi connectivity index (χ1n) is 9.17. The molecule has 1 amide bonds. The number of sulfone groups is 2. The highest BCUT2D eigenvalue weighted by atomic mass is 32.2. The van der Waals surface area contributed by atoms with E-state index < -0.39 is 31.0 Å². The van der Waals surface area contributed by atoms with Gasteiger partial charge in [0.25, 0.3) is 0 Å². The molecule has 0 spiro atoms. The van der Waals surface area contributed by atoms with Gasteiger partial charge in [0.05, 0.1) is 28.8 Å². The fourth-order valence-corrected chi connectivity index (χ4v) is 9.07. The summed E-state index contributed by atoms with van der Waals surface area (Å²) in [5.74, 6) is -0.609. The molecule has 0 aliphatic carbocycles. The predicted molar refractivity (Wildman–Crippen MR) is 105 cm³/mol. The van der Waals surface area contributed by atoms with Gasteiger partial charge in [-0.25, -0.2) is 16.8 Å². The zero-order chi connectivity index (χ0) is 20.7. The molecule has 2 heterocycles. The fraction of sp³-hybridized carbons (Fsp3) is 0.611. The van der Waals surface area contributed by atoms with E-state index in [0.29, 0.717) is 37.2 Å². The van der Waals surface area contributed by atoms with E-state index in [1.165, 1.54) is 19.2 Å². The average Bonchev–Trinajstić information content (AvgIpc) is 2.98. The van der Waals surface area contributed by atoms with Crippen LogP contribution in [0.25, 0.3) is 0 Å². The van der Waals surface area contributed by atoms with Crippen molar-refractivity contribution in [2.24, 2.45) is 11.7 Å². The number of primary amides is 1. The summed E-state index contributed by atoms with van der Waals surface area (Å²) in [7, 11) is -5.82. The third-order valence-corrected chi connectivity index (χ3v) is 9.88. The zero-order valence-corrected chi connectivity index (χ0v) is 17.6. The Hall–Kier alpha value is -1.65. The number of carbonyl (C=O) groups excluding carboxylic acids is 1. The van der Waals surface area contributed by atoms with Crippen molar-refractivity contribution in [1.29, 1.82) is 0 Å². The van der Waals surface area contributed by atoms with Crippen LogP contribution in [0.15, 0.2) is 23.1 Å². The summed E-state index contributed by atoms with van der Waals surface area (Å²) >= 11 is 0. The number of piperidine rings is 1. The molecule has 0 bridgehead atoms. The predicted octanol–water partition coefficient (Wildman–Crippen LogP) is 0.140. The van der Waals surface area contributed by atoms with Gasteiger partial charge in [0, 0.05) is 12.0 Å². The third kappa shape index (κ3) is 4.04. The number of benzene rings is 1. The summed E-state index contributed by atoms with van der Waals surface area (Å²) in [4.78, 5) is 13.4. The van der Waals surface area contributed by atoms with Crippen molar-refractivity contribution in [1.82, 2.24) is 4.90 Å². The van der Waals surface area contributed by atoms with Gasteiger partial charge in [-0.15, -0.1) is 0 Å². The molecule has 28 heavy (non-hydrogen) atoms. The summed E-state index contributed by atoms with van der Waals surface area (Å²) < 4.78 is 56.4. The molecule has 0 radical (unpaired) electrons. The van der Waals surface area contributed by atoms with Crippen molar-refractivity contribution in [2.45, 2.75) is 36.0 Å². The molecule has 0 aromatic heterocycles. The number of methoxy groups -OCH3 is 1. The Labute approximate surface area is 165 Å². The average molecular weight is 431 g/mol. The van der Waals surface area contributed by atoms with E-state index in [1.807, 2.05) is 4.90 Å². The van der Waals surface area contributed by atoms with E-state index in [0.717, 1.165) is 0 Å². The molecule has 2 N–H and O–H groups in total. The van der Waals surface area contributed by atoms with Crippen molar-refractivity contribution in [2.75, 3.05) is 31.7 Å². The van der Waals surface area contributed by atoms with Gasteiger partial charge in [-0.05, 0) is 56.6 Å². The molecule has 1 aromatic carbocycles. The first kappa shape index (κ1) is 21.1. The van der Waals surface area contributed by atoms with Crippen molar-refractivity contribution in [3.63, 3.8) is 0 Å². The molecule has 2 aliphatic heterocycles. The van der Waals surface area contributed by atoms with Crippen molar-refractivity contribution >= 4 is 25.6 Å². The summed E-state index contributed by atoms with van der Waals surface area (Å²) in [6.07, 6.45) is 1.03. The molecular formula is C18H26N2O6S2. The Morgan fingerprint density at radius 2 is 1.86 bits per heavy atom. The van der Waals surface area contributed by atoms with Gasteiger partial charge in [0.15, 0.2) is 19.7 Å². The van der Waals surface area contributed by atoms with E-state index in [1.54, 1.807) is 13.0 Å². The normalized spacial score (nSPS) is 26.2. The second-order valence-electron chi connectivity index (χ2n) is 7.57. The smallest absolute Gasteiger partial charge is 0.220 e. The minimum Gasteiger partial charge on any atom is -0.496 e. The number of nitrogens with two attached hydrogens (primary N) is 1. The van der Waals surface area contributed by atoms with Gasteiger partial charge in [-0.2, -0.15) is 0 Å². The molecule has 0 saturated carbocycles. The number of rotatable bonds is 5. The van der Waals surface area contributed by atoms with Crippen molar-refractivity contribution in [3.05, 3.63) is 23.8 Å². The Kier molecular flexibility index (Phi) is 5.75. The standard InChI is InChI=1S/C18H26N2O6S2/c1-12-9-14(3-4-16(12)26-2)28(24,25)17-11-27(22,23)10-15(17)20-7-5-13(6-8-20)18(19)21/h3-4,9,13,15,17H,5-8,10-11H2,1-2H3,(H2,19,21)/t15-,17-/m1/s1. The highest BCUT2D eigenvalue weighted by Crippen LogP contribution is 2.32. The Morgan fingerprint density at radius 3 is 2.39 bits per heavy atom. The molecule has 2 atom stereocenters. The number of amides is 1. The molecule has 10 heteroatoms. The van der Waals surface area contributed by atoms with Crippen LogP contribution in [-0.4, -0.2) is 70.6 Å². The number of hydrogen-bond acceptors (Lipinski definition) is 7. The lowest BCUT2D eigenvalue weighted by Crippen LogP contribution is -2.50. The summed E-state index contributed by atoms with van der Waals surface area (Å²) in [6.45, 7) is 2.66. The van der Waals surface area contributed by atoms with Crippen LogP contribution >= 0.6 is 0 Å². The number of aryl methyl sites for hydroxylation is 1. The minimum absolute atomic E-state index is 0.102. The summed E-state index contributed by atoms with van der Waals surface area (Å²) in [6, 6.07) is 3.95. The van der Waals surface area contributed by atoms with Crippen molar-refractivity contribution < 1.29 is 26.4 Å². The molecule has 2 fully saturated rings. The van der Waals surface area contributed by atoms with Gasteiger partial charge in [0.2, 0.25) is 5.91 Å². The van der Waals surface area contributed by atoms with Gasteiger partial charge in [-0.1, -0.05) is 0 Å². The lowest BCUT2D eigenvalue weighted by molar-refractivity contribution is -0.123. The molecule has 1 aromatic rings. The largest absolute Gasteiger partial charge is 0.496 e. The molecule has 3 rings (SSSR count). The highest BCUT2D eigenvalue weighted by molar-refractivity contribution is 7.96. The number of hydrogen-bond donors (Lipinski definition) is 1. The van der Waals surface area contributed by atoms with Crippen LogP contribution in [0, 0.1) is 12.8 Å². The topological polar surface area (TPSA) is 124 Å². The van der Waals surface area contributed by atoms with Gasteiger partial charge >= 0.3 is 0 Å². The first-order chi connectivity index (χ1) is 13.0. The Bertz CT molecular complexity index is 966. The second kappa shape index (κ2) is 7.64.